The average molecular weight is 258 g/mol. The molecule has 2 rings (SSSR count). The van der Waals surface area contributed by atoms with Gasteiger partial charge in [0.1, 0.15) is 17.5 Å². The highest BCUT2D eigenvalue weighted by Gasteiger charge is 2.15. The molecule has 0 aliphatic carbocycles. The number of pyridine rings is 1. The normalized spacial score (nSPS) is 10.3. The molecule has 0 aliphatic heterocycles. The van der Waals surface area contributed by atoms with Crippen LogP contribution in [0.4, 0.5) is 15.9 Å². The van der Waals surface area contributed by atoms with Gasteiger partial charge in [0.05, 0.1) is 5.56 Å². The Kier molecular flexibility index (Phi) is 3.46. The lowest BCUT2D eigenvalue weighted by Gasteiger charge is -2.21. The van der Waals surface area contributed by atoms with Crippen LogP contribution in [0.3, 0.4) is 0 Å². The van der Waals surface area contributed by atoms with Crippen molar-refractivity contribution in [2.45, 2.75) is 6.92 Å². The van der Waals surface area contributed by atoms with Crippen LogP contribution in [0.25, 0.3) is 0 Å². The highest BCUT2D eigenvalue weighted by molar-refractivity contribution is 6.01. The van der Waals surface area contributed by atoms with Crippen LogP contribution in [0.2, 0.25) is 0 Å². The number of hydrogen-bond acceptors (Lipinski definition) is 3. The molecule has 0 bridgehead atoms. The van der Waals surface area contributed by atoms with Gasteiger partial charge in [-0.15, -0.1) is 0 Å². The molecule has 0 fully saturated rings. The Morgan fingerprint density at radius 1 is 1.26 bits per heavy atom. The number of halogens is 1. The van der Waals surface area contributed by atoms with Crippen molar-refractivity contribution in [2.24, 2.45) is 5.73 Å². The molecule has 0 radical (unpaired) electrons. The predicted octanol–water partition coefficient (Wildman–Crippen LogP) is 2.58. The highest BCUT2D eigenvalue weighted by Crippen LogP contribution is 2.26. The van der Waals surface area contributed by atoms with E-state index < -0.39 is 0 Å². The maximum atomic E-state index is 12.9. The van der Waals surface area contributed by atoms with E-state index in [2.05, 4.69) is 4.98 Å². The molecular weight excluding hydrogens is 243 g/mol. The second-order valence-corrected chi connectivity index (χ2v) is 4.28. The molecule has 19 heavy (non-hydrogen) atoms. The second-order valence-electron chi connectivity index (χ2n) is 4.28. The van der Waals surface area contributed by atoms with E-state index in [1.165, 1.54) is 12.1 Å². The lowest BCUT2D eigenvalue weighted by molar-refractivity contribution is 0.628. The van der Waals surface area contributed by atoms with Crippen molar-refractivity contribution in [3.05, 3.63) is 53.5 Å². The third-order valence-electron chi connectivity index (χ3n) is 2.94. The van der Waals surface area contributed by atoms with Gasteiger partial charge in [0.2, 0.25) is 0 Å². The Bertz CT molecular complexity index is 607. The number of rotatable bonds is 3. The first-order valence-corrected chi connectivity index (χ1v) is 5.80. The zero-order valence-electron chi connectivity index (χ0n) is 10.8. The summed E-state index contributed by atoms with van der Waals surface area (Å²) in [6, 6.07) is 7.88. The van der Waals surface area contributed by atoms with Crippen LogP contribution in [0, 0.1) is 18.2 Å². The summed E-state index contributed by atoms with van der Waals surface area (Å²) in [6.45, 7) is 1.88. The van der Waals surface area contributed by atoms with E-state index in [0.717, 1.165) is 11.3 Å². The van der Waals surface area contributed by atoms with Crippen LogP contribution in [0.1, 0.15) is 11.1 Å². The fourth-order valence-corrected chi connectivity index (χ4v) is 1.92. The van der Waals surface area contributed by atoms with Gasteiger partial charge in [0.25, 0.3) is 0 Å². The monoisotopic (exact) mass is 258 g/mol. The summed E-state index contributed by atoms with van der Waals surface area (Å²) in [6.07, 6.45) is 1.66. The molecule has 0 saturated heterocycles. The molecule has 2 aromatic rings. The van der Waals surface area contributed by atoms with Gasteiger partial charge in [0.15, 0.2) is 0 Å². The number of anilines is 2. The zero-order valence-corrected chi connectivity index (χ0v) is 10.8. The van der Waals surface area contributed by atoms with E-state index in [-0.39, 0.29) is 11.7 Å². The third-order valence-corrected chi connectivity index (χ3v) is 2.94. The summed E-state index contributed by atoms with van der Waals surface area (Å²) >= 11 is 0. The summed E-state index contributed by atoms with van der Waals surface area (Å²) in [7, 11) is 1.81. The molecule has 1 aromatic heterocycles. The Morgan fingerprint density at radius 2 is 1.89 bits per heavy atom. The van der Waals surface area contributed by atoms with Gasteiger partial charge in [0, 0.05) is 18.9 Å². The van der Waals surface area contributed by atoms with Crippen LogP contribution in [0.15, 0.2) is 36.5 Å². The molecular formula is C14H15FN4. The number of hydrogen-bond donors (Lipinski definition) is 2. The molecule has 0 atom stereocenters. The number of amidine groups is 1. The van der Waals surface area contributed by atoms with Crippen molar-refractivity contribution in [3.8, 4) is 0 Å². The average Bonchev–Trinajstić information content (AvgIpc) is 2.38. The topological polar surface area (TPSA) is 66.0 Å². The molecule has 4 nitrogen and oxygen atoms in total. The maximum absolute atomic E-state index is 12.9. The van der Waals surface area contributed by atoms with Crippen LogP contribution in [-0.4, -0.2) is 17.9 Å². The van der Waals surface area contributed by atoms with E-state index in [1.54, 1.807) is 36.3 Å². The van der Waals surface area contributed by atoms with Crippen molar-refractivity contribution < 1.29 is 4.39 Å². The van der Waals surface area contributed by atoms with Gasteiger partial charge in [-0.2, -0.15) is 0 Å². The molecule has 0 aliphatic rings. The summed E-state index contributed by atoms with van der Waals surface area (Å²) in [4.78, 5) is 6.05. The van der Waals surface area contributed by atoms with Gasteiger partial charge in [-0.05, 0) is 42.8 Å². The van der Waals surface area contributed by atoms with Gasteiger partial charge < -0.3 is 10.6 Å². The van der Waals surface area contributed by atoms with E-state index in [1.807, 2.05) is 6.92 Å². The minimum Gasteiger partial charge on any atom is -0.384 e. The van der Waals surface area contributed by atoms with E-state index in [9.17, 15) is 4.39 Å². The second kappa shape index (κ2) is 5.06. The highest BCUT2D eigenvalue weighted by atomic mass is 19.1. The van der Waals surface area contributed by atoms with Gasteiger partial charge >= 0.3 is 0 Å². The van der Waals surface area contributed by atoms with Crippen LogP contribution in [-0.2, 0) is 0 Å². The fourth-order valence-electron chi connectivity index (χ4n) is 1.92. The zero-order chi connectivity index (χ0) is 14.0. The third kappa shape index (κ3) is 2.54. The number of nitrogen functional groups attached to an aromatic ring is 1. The van der Waals surface area contributed by atoms with Gasteiger partial charge in [-0.3, -0.25) is 5.41 Å². The lowest BCUT2D eigenvalue weighted by Crippen LogP contribution is -2.21. The summed E-state index contributed by atoms with van der Waals surface area (Å²) in [5.74, 6) is 0.259. The first-order valence-electron chi connectivity index (χ1n) is 5.80. The van der Waals surface area contributed by atoms with Crippen molar-refractivity contribution in [3.63, 3.8) is 0 Å². The Hall–Kier alpha value is -2.43. The quantitative estimate of drug-likeness (QED) is 0.657. The SMILES string of the molecule is Cc1ccnc(N(C)c2ccc(F)cc2)c1C(=N)N. The molecule has 5 heteroatoms. The number of nitrogens with zero attached hydrogens (tertiary/aromatic N) is 2. The van der Waals surface area contributed by atoms with Crippen molar-refractivity contribution in [2.75, 3.05) is 11.9 Å². The number of nitrogens with one attached hydrogen (secondary N) is 1. The van der Waals surface area contributed by atoms with E-state index in [4.69, 9.17) is 11.1 Å². The van der Waals surface area contributed by atoms with E-state index >= 15 is 0 Å². The molecule has 1 heterocycles. The van der Waals surface area contributed by atoms with Crippen LogP contribution in [0.5, 0.6) is 0 Å². The number of aryl methyl sites for hydroxylation is 1. The number of aromatic nitrogens is 1. The standard InChI is InChI=1S/C14H15FN4/c1-9-7-8-18-14(12(9)13(16)17)19(2)11-5-3-10(15)4-6-11/h3-8H,1-2H3,(H3,16,17). The van der Waals surface area contributed by atoms with Crippen LogP contribution < -0.4 is 10.6 Å². The Morgan fingerprint density at radius 3 is 2.47 bits per heavy atom. The molecule has 0 spiro atoms. The van der Waals surface area contributed by atoms with Crippen molar-refractivity contribution >= 4 is 17.3 Å². The van der Waals surface area contributed by atoms with Crippen molar-refractivity contribution in [1.29, 1.82) is 5.41 Å². The molecule has 98 valence electrons. The molecule has 0 saturated carbocycles. The summed E-state index contributed by atoms with van der Waals surface area (Å²) in [5, 5.41) is 7.66. The fraction of sp³-hybridized carbons (Fsp3) is 0.143. The smallest absolute Gasteiger partial charge is 0.143 e. The Balaban J connectivity index is 2.49. The molecule has 1 aromatic carbocycles. The predicted molar refractivity (Wildman–Crippen MR) is 74.5 cm³/mol. The van der Waals surface area contributed by atoms with Crippen LogP contribution >= 0.6 is 0 Å². The van der Waals surface area contributed by atoms with Crippen molar-refractivity contribution in [1.82, 2.24) is 4.98 Å². The molecule has 3 N–H and O–H groups in total. The minimum atomic E-state index is -0.291. The minimum absolute atomic E-state index is 0.0328. The van der Waals surface area contributed by atoms with Gasteiger partial charge in [-0.1, -0.05) is 0 Å². The number of nitrogens with two attached hydrogens (primary N) is 1. The summed E-state index contributed by atoms with van der Waals surface area (Å²) in [5.41, 5.74) is 7.86. The van der Waals surface area contributed by atoms with Gasteiger partial charge in [-0.25, -0.2) is 9.37 Å². The molecule has 0 unspecified atom stereocenters. The Labute approximate surface area is 111 Å². The first kappa shape index (κ1) is 13.0. The summed E-state index contributed by atoms with van der Waals surface area (Å²) < 4.78 is 12.9. The van der Waals surface area contributed by atoms with E-state index in [0.29, 0.717) is 11.4 Å². The largest absolute Gasteiger partial charge is 0.384 e. The number of benzene rings is 1. The lowest BCUT2D eigenvalue weighted by atomic mass is 10.1. The molecule has 0 amide bonds. The first-order chi connectivity index (χ1) is 9.00. The maximum Gasteiger partial charge on any atom is 0.143 e.